The number of benzene rings is 4. The first kappa shape index (κ1) is 57.1. The lowest BCUT2D eigenvalue weighted by molar-refractivity contribution is 0.259. The molecule has 0 bridgehead atoms. The lowest BCUT2D eigenvalue weighted by atomic mass is 9.93. The molecule has 4 rings (SSSR count). The Balaban J connectivity index is 1.91. The van der Waals surface area contributed by atoms with Crippen LogP contribution < -0.4 is 28.4 Å². The second kappa shape index (κ2) is 36.5. The van der Waals surface area contributed by atoms with Gasteiger partial charge >= 0.3 is 0 Å². The van der Waals surface area contributed by atoms with Gasteiger partial charge in [0.25, 0.3) is 0 Å². The maximum Gasteiger partial charge on any atom is 0.161 e. The summed E-state index contributed by atoms with van der Waals surface area (Å²) in [6.45, 7) is 3.73. The quantitative estimate of drug-likeness (QED) is 0.0151. The van der Waals surface area contributed by atoms with Crippen molar-refractivity contribution in [3.8, 4) is 34.5 Å². The molecule has 4 aromatic rings. The fourth-order valence-corrected chi connectivity index (χ4v) is 9.53. The van der Waals surface area contributed by atoms with Gasteiger partial charge in [0.2, 0.25) is 0 Å². The average Bonchev–Trinajstić information content (AvgIpc) is 3.33. The predicted octanol–water partition coefficient (Wildman–Crippen LogP) is 16.4. The number of rotatable bonds is 42. The van der Waals surface area contributed by atoms with Crippen molar-refractivity contribution in [1.82, 2.24) is 0 Å². The molecular formula is C54H84O6S6. The molecule has 66 heavy (non-hydrogen) atoms. The number of thiol groups is 6. The van der Waals surface area contributed by atoms with Crippen molar-refractivity contribution >= 4 is 108 Å². The second-order valence-electron chi connectivity index (χ2n) is 17.5. The minimum absolute atomic E-state index is 0.622. The van der Waals surface area contributed by atoms with Crippen LogP contribution in [0.4, 0.5) is 0 Å². The Morgan fingerprint density at radius 2 is 0.333 bits per heavy atom. The molecule has 0 unspecified atom stereocenters. The maximum atomic E-state index is 6.68. The Hall–Kier alpha value is -1.44. The van der Waals surface area contributed by atoms with Crippen molar-refractivity contribution in [1.29, 1.82) is 0 Å². The van der Waals surface area contributed by atoms with E-state index in [-0.39, 0.29) is 0 Å². The first-order valence-corrected chi connectivity index (χ1v) is 29.4. The van der Waals surface area contributed by atoms with Crippen molar-refractivity contribution in [2.45, 2.75) is 154 Å². The Labute approximate surface area is 432 Å². The molecule has 0 saturated heterocycles. The fourth-order valence-electron chi connectivity index (χ4n) is 8.19. The summed E-state index contributed by atoms with van der Waals surface area (Å²) in [5.74, 6) is 10.1. The summed E-state index contributed by atoms with van der Waals surface area (Å²) in [5, 5.41) is 6.48. The number of unbranched alkanes of at least 4 members (excludes halogenated alkanes) is 18. The zero-order valence-electron chi connectivity index (χ0n) is 40.1. The van der Waals surface area contributed by atoms with Gasteiger partial charge in [0.15, 0.2) is 34.5 Å². The highest BCUT2D eigenvalue weighted by Gasteiger charge is 2.21. The monoisotopic (exact) mass is 1020 g/mol. The molecule has 0 fully saturated rings. The van der Waals surface area contributed by atoms with Crippen molar-refractivity contribution in [2.75, 3.05) is 74.2 Å². The minimum Gasteiger partial charge on any atom is -0.490 e. The van der Waals surface area contributed by atoms with Gasteiger partial charge in [-0.2, -0.15) is 75.8 Å². The summed E-state index contributed by atoms with van der Waals surface area (Å²) in [5.41, 5.74) is 0. The van der Waals surface area contributed by atoms with E-state index >= 15 is 0 Å². The molecule has 0 aliphatic rings. The van der Waals surface area contributed by atoms with Gasteiger partial charge < -0.3 is 28.4 Å². The molecule has 0 N–H and O–H groups in total. The molecule has 0 heterocycles. The molecule has 0 spiro atoms. The molecule has 0 radical (unpaired) electrons. The lowest BCUT2D eigenvalue weighted by Crippen LogP contribution is -2.05. The predicted molar refractivity (Wildman–Crippen MR) is 306 cm³/mol. The largest absolute Gasteiger partial charge is 0.490 e. The third-order valence-corrected chi connectivity index (χ3v) is 13.9. The molecule has 0 saturated carbocycles. The van der Waals surface area contributed by atoms with Crippen LogP contribution in [0.3, 0.4) is 0 Å². The number of hydrogen-bond donors (Lipinski definition) is 6. The van der Waals surface area contributed by atoms with Gasteiger partial charge in [-0.1, -0.05) is 77.0 Å². The van der Waals surface area contributed by atoms with Gasteiger partial charge in [-0.3, -0.25) is 0 Å². The van der Waals surface area contributed by atoms with E-state index < -0.39 is 0 Å². The van der Waals surface area contributed by atoms with Crippen LogP contribution in [0, 0.1) is 0 Å². The molecule has 0 aromatic heterocycles. The van der Waals surface area contributed by atoms with Gasteiger partial charge in [-0.25, -0.2) is 0 Å². The van der Waals surface area contributed by atoms with E-state index in [4.69, 9.17) is 28.4 Å². The highest BCUT2D eigenvalue weighted by atomic mass is 32.1. The van der Waals surface area contributed by atoms with Crippen LogP contribution in [0.5, 0.6) is 34.5 Å². The Morgan fingerprint density at radius 3 is 0.470 bits per heavy atom. The van der Waals surface area contributed by atoms with E-state index in [9.17, 15) is 0 Å². The third kappa shape index (κ3) is 20.9. The van der Waals surface area contributed by atoms with Crippen LogP contribution in [-0.4, -0.2) is 74.2 Å². The molecular weight excluding hydrogens is 937 g/mol. The zero-order valence-corrected chi connectivity index (χ0v) is 45.4. The van der Waals surface area contributed by atoms with Crippen molar-refractivity contribution in [2.24, 2.45) is 0 Å². The molecule has 6 nitrogen and oxygen atoms in total. The number of ether oxygens (including phenoxy) is 6. The van der Waals surface area contributed by atoms with Crippen LogP contribution in [0.1, 0.15) is 154 Å². The van der Waals surface area contributed by atoms with E-state index in [1.54, 1.807) is 0 Å². The van der Waals surface area contributed by atoms with Crippen LogP contribution >= 0.6 is 75.8 Å². The van der Waals surface area contributed by atoms with Crippen LogP contribution in [0.2, 0.25) is 0 Å². The Bertz CT molecular complexity index is 1520. The van der Waals surface area contributed by atoms with Crippen molar-refractivity contribution in [3.63, 3.8) is 0 Å². The SMILES string of the molecule is SCCCCCCOc1cc2c3cc(OCCCCCCS)c(OCCCCCCS)cc3c3cc(OCCCCCCS)c(OCCCCCCS)cc3c2cc1OCCCCCCS. The second-order valence-corrected chi connectivity index (χ2v) is 20.1. The highest BCUT2D eigenvalue weighted by molar-refractivity contribution is 7.81. The number of hydrogen-bond acceptors (Lipinski definition) is 12. The molecule has 4 aromatic carbocycles. The zero-order chi connectivity index (χ0) is 46.9. The van der Waals surface area contributed by atoms with E-state index in [1.165, 1.54) is 0 Å². The van der Waals surface area contributed by atoms with E-state index in [0.717, 1.165) is 255 Å². The molecule has 0 amide bonds. The Kier molecular flexibility index (Phi) is 31.6. The summed E-state index contributed by atoms with van der Waals surface area (Å²) >= 11 is 26.6. The van der Waals surface area contributed by atoms with Crippen molar-refractivity contribution in [3.05, 3.63) is 36.4 Å². The molecule has 0 aliphatic carbocycles. The average molecular weight is 1020 g/mol. The summed E-state index contributed by atoms with van der Waals surface area (Å²) in [6.07, 6.45) is 26.1. The first-order valence-electron chi connectivity index (χ1n) is 25.6. The first-order chi connectivity index (χ1) is 32.6. The topological polar surface area (TPSA) is 55.4 Å². The van der Waals surface area contributed by atoms with Gasteiger partial charge in [-0.05, 0) is 180 Å². The van der Waals surface area contributed by atoms with Crippen LogP contribution in [0.15, 0.2) is 36.4 Å². The van der Waals surface area contributed by atoms with Crippen molar-refractivity contribution < 1.29 is 28.4 Å². The molecule has 0 aliphatic heterocycles. The van der Waals surface area contributed by atoms with Crippen LogP contribution in [-0.2, 0) is 0 Å². The van der Waals surface area contributed by atoms with Crippen LogP contribution in [0.25, 0.3) is 32.3 Å². The molecule has 0 atom stereocenters. The summed E-state index contributed by atoms with van der Waals surface area (Å²) < 4.78 is 40.1. The third-order valence-electron chi connectivity index (χ3n) is 12.0. The van der Waals surface area contributed by atoms with Gasteiger partial charge in [0, 0.05) is 0 Å². The lowest BCUT2D eigenvalue weighted by Gasteiger charge is -2.21. The van der Waals surface area contributed by atoms with E-state index in [1.807, 2.05) is 0 Å². The van der Waals surface area contributed by atoms with Gasteiger partial charge in [-0.15, -0.1) is 0 Å². The van der Waals surface area contributed by atoms with Gasteiger partial charge in [0.1, 0.15) is 0 Å². The molecule has 12 heteroatoms. The van der Waals surface area contributed by atoms with E-state index in [2.05, 4.69) is 112 Å². The number of fused-ring (bicyclic) bond motifs is 6. The Morgan fingerprint density at radius 1 is 0.197 bits per heavy atom. The highest BCUT2D eigenvalue weighted by Crippen LogP contribution is 2.47. The minimum atomic E-state index is 0.622. The smallest absolute Gasteiger partial charge is 0.161 e. The normalized spacial score (nSPS) is 11.5. The molecule has 372 valence electrons. The maximum absolute atomic E-state index is 6.68. The summed E-state index contributed by atoms with van der Waals surface area (Å²) in [7, 11) is 0. The summed E-state index contributed by atoms with van der Waals surface area (Å²) in [4.78, 5) is 0. The van der Waals surface area contributed by atoms with Gasteiger partial charge in [0.05, 0.1) is 39.6 Å². The standard InChI is InChI=1S/C54H84O6S6/c61-31-19-7-1-13-25-55-49-37-43-44(38-50(49)56-26-14-2-8-20-32-62)46-40-52(58-28-16-4-10-22-34-64)54(60-30-18-6-12-24-36-66)42-48(46)47-41-53(59-29-17-5-11-23-35-65)51(39-45(43)47)57-27-15-3-9-21-33-63/h37-42,61-66H,1-36H2. The fraction of sp³-hybridized carbons (Fsp3) is 0.667. The van der Waals surface area contributed by atoms with E-state index in [0.29, 0.717) is 39.6 Å². The summed E-state index contributed by atoms with van der Waals surface area (Å²) in [6, 6.07) is 13.3.